The van der Waals surface area contributed by atoms with Crippen molar-refractivity contribution in [3.63, 3.8) is 0 Å². The lowest BCUT2D eigenvalue weighted by atomic mass is 10.0. The number of nitrogens with one attached hydrogen (secondary N) is 2. The van der Waals surface area contributed by atoms with Gasteiger partial charge in [-0.2, -0.15) is 0 Å². The molecule has 4 N–H and O–H groups in total. The molecule has 0 aromatic heterocycles. The van der Waals surface area contributed by atoms with Crippen LogP contribution in [0.2, 0.25) is 0 Å². The molecular weight excluding hydrogens is 386 g/mol. The second-order valence-electron chi connectivity index (χ2n) is 7.84. The molecule has 1 aliphatic rings. The summed E-state index contributed by atoms with van der Waals surface area (Å²) in [5.74, 6) is 0.146. The van der Waals surface area contributed by atoms with Gasteiger partial charge in [-0.15, -0.1) is 0 Å². The Morgan fingerprint density at radius 2 is 1.55 bits per heavy atom. The van der Waals surface area contributed by atoms with Crippen LogP contribution in [0.25, 0.3) is 11.1 Å². The molecular formula is C25H27N5O. The fourth-order valence-corrected chi connectivity index (χ4v) is 3.68. The smallest absolute Gasteiger partial charge is 0.255 e. The van der Waals surface area contributed by atoms with Gasteiger partial charge in [0.05, 0.1) is 0 Å². The molecule has 0 spiro atoms. The van der Waals surface area contributed by atoms with E-state index in [-0.39, 0.29) is 5.91 Å². The van der Waals surface area contributed by atoms with Crippen LogP contribution in [-0.2, 0) is 0 Å². The van der Waals surface area contributed by atoms with Gasteiger partial charge in [0.15, 0.2) is 0 Å². The summed E-state index contributed by atoms with van der Waals surface area (Å²) in [6, 6.07) is 23.0. The number of hydrogen-bond donors (Lipinski definition) is 3. The van der Waals surface area contributed by atoms with E-state index in [4.69, 9.17) is 11.1 Å². The van der Waals surface area contributed by atoms with Crippen molar-refractivity contribution >= 4 is 23.1 Å². The molecule has 6 nitrogen and oxygen atoms in total. The van der Waals surface area contributed by atoms with Crippen molar-refractivity contribution in [1.29, 1.82) is 5.41 Å². The molecule has 0 aliphatic carbocycles. The first-order valence-corrected chi connectivity index (χ1v) is 10.4. The number of likely N-dealkylation sites (N-methyl/N-ethyl adjacent to an activating group) is 1. The van der Waals surface area contributed by atoms with Gasteiger partial charge in [0.25, 0.3) is 5.91 Å². The van der Waals surface area contributed by atoms with Crippen molar-refractivity contribution in [2.75, 3.05) is 44.3 Å². The zero-order valence-corrected chi connectivity index (χ0v) is 17.6. The Hall–Kier alpha value is -3.64. The third-order valence-corrected chi connectivity index (χ3v) is 5.64. The SMILES string of the molecule is CN1CCN(C(=N)c2cc(C(=O)Nc3ccc(-c4ccccc4)cc3)ccc2N)CC1. The van der Waals surface area contributed by atoms with Gasteiger partial charge in [-0.05, 0) is 48.5 Å². The lowest BCUT2D eigenvalue weighted by Crippen LogP contribution is -2.47. The van der Waals surface area contributed by atoms with Crippen molar-refractivity contribution in [2.24, 2.45) is 0 Å². The summed E-state index contributed by atoms with van der Waals surface area (Å²) in [5, 5.41) is 11.5. The van der Waals surface area contributed by atoms with Crippen LogP contribution >= 0.6 is 0 Å². The summed E-state index contributed by atoms with van der Waals surface area (Å²) in [6.07, 6.45) is 0. The van der Waals surface area contributed by atoms with Crippen LogP contribution in [0, 0.1) is 5.41 Å². The lowest BCUT2D eigenvalue weighted by Gasteiger charge is -2.34. The zero-order chi connectivity index (χ0) is 21.8. The maximum absolute atomic E-state index is 12.8. The minimum absolute atomic E-state index is 0.222. The van der Waals surface area contributed by atoms with E-state index in [0.29, 0.717) is 22.6 Å². The number of piperazine rings is 1. The second-order valence-corrected chi connectivity index (χ2v) is 7.84. The fraction of sp³-hybridized carbons (Fsp3) is 0.200. The lowest BCUT2D eigenvalue weighted by molar-refractivity contribution is 0.102. The summed E-state index contributed by atoms with van der Waals surface area (Å²) >= 11 is 0. The number of amidine groups is 1. The summed E-state index contributed by atoms with van der Waals surface area (Å²) in [5.41, 5.74) is 10.7. The first kappa shape index (κ1) is 20.6. The molecule has 0 bridgehead atoms. The van der Waals surface area contributed by atoms with Crippen LogP contribution in [0.15, 0.2) is 72.8 Å². The van der Waals surface area contributed by atoms with E-state index in [1.165, 1.54) is 0 Å². The van der Waals surface area contributed by atoms with Crippen molar-refractivity contribution in [3.8, 4) is 11.1 Å². The number of amides is 1. The number of carbonyl (C=O) groups excluding carboxylic acids is 1. The molecule has 3 aromatic carbocycles. The summed E-state index contributed by atoms with van der Waals surface area (Å²) in [4.78, 5) is 17.1. The molecule has 1 heterocycles. The number of benzene rings is 3. The van der Waals surface area contributed by atoms with E-state index in [1.807, 2.05) is 47.4 Å². The van der Waals surface area contributed by atoms with Gasteiger partial charge in [0.2, 0.25) is 0 Å². The van der Waals surface area contributed by atoms with Gasteiger partial charge in [0.1, 0.15) is 5.84 Å². The first-order valence-electron chi connectivity index (χ1n) is 10.4. The van der Waals surface area contributed by atoms with Gasteiger partial charge in [-0.1, -0.05) is 42.5 Å². The second kappa shape index (κ2) is 9.02. The number of carbonyl (C=O) groups is 1. The standard InChI is InChI=1S/C25H27N5O/c1-29-13-15-30(16-14-29)24(27)22-17-20(9-12-23(22)26)25(31)28-21-10-7-19(8-11-21)18-5-3-2-4-6-18/h2-12,17,27H,13-16,26H2,1H3,(H,28,31). The van der Waals surface area contributed by atoms with Crippen LogP contribution in [0.4, 0.5) is 11.4 Å². The summed E-state index contributed by atoms with van der Waals surface area (Å²) < 4.78 is 0. The Morgan fingerprint density at radius 3 is 2.23 bits per heavy atom. The monoisotopic (exact) mass is 413 g/mol. The number of anilines is 2. The number of nitrogens with two attached hydrogens (primary N) is 1. The van der Waals surface area contributed by atoms with Crippen molar-refractivity contribution in [2.45, 2.75) is 0 Å². The third kappa shape index (κ3) is 4.75. The maximum atomic E-state index is 12.8. The molecule has 4 rings (SSSR count). The average Bonchev–Trinajstić information content (AvgIpc) is 2.80. The number of nitrogen functional groups attached to an aromatic ring is 1. The van der Waals surface area contributed by atoms with E-state index in [0.717, 1.165) is 43.0 Å². The highest BCUT2D eigenvalue weighted by Crippen LogP contribution is 2.22. The molecule has 31 heavy (non-hydrogen) atoms. The van der Waals surface area contributed by atoms with Crippen LogP contribution in [0.5, 0.6) is 0 Å². The normalized spacial score (nSPS) is 14.3. The minimum atomic E-state index is -0.222. The number of nitrogens with zero attached hydrogens (tertiary/aromatic N) is 2. The molecule has 1 aliphatic heterocycles. The highest BCUT2D eigenvalue weighted by Gasteiger charge is 2.20. The van der Waals surface area contributed by atoms with Crippen LogP contribution in [0.3, 0.4) is 0 Å². The van der Waals surface area contributed by atoms with Crippen LogP contribution < -0.4 is 11.1 Å². The maximum Gasteiger partial charge on any atom is 0.255 e. The van der Waals surface area contributed by atoms with Crippen LogP contribution in [-0.4, -0.2) is 54.8 Å². The highest BCUT2D eigenvalue weighted by atomic mass is 16.1. The van der Waals surface area contributed by atoms with Gasteiger partial charge in [-0.25, -0.2) is 0 Å². The van der Waals surface area contributed by atoms with E-state index >= 15 is 0 Å². The number of hydrogen-bond acceptors (Lipinski definition) is 4. The van der Waals surface area contributed by atoms with Gasteiger partial charge >= 0.3 is 0 Å². The predicted octanol–water partition coefficient (Wildman–Crippen LogP) is 3.76. The van der Waals surface area contributed by atoms with Gasteiger partial charge in [-0.3, -0.25) is 10.2 Å². The quantitative estimate of drug-likeness (QED) is 0.345. The topological polar surface area (TPSA) is 85.5 Å². The van der Waals surface area contributed by atoms with Crippen molar-refractivity contribution in [1.82, 2.24) is 9.80 Å². The Balaban J connectivity index is 1.47. The molecule has 1 fully saturated rings. The molecule has 6 heteroatoms. The summed E-state index contributed by atoms with van der Waals surface area (Å²) in [6.45, 7) is 3.36. The Bertz CT molecular complexity index is 1070. The number of rotatable bonds is 4. The Kier molecular flexibility index (Phi) is 6.00. The van der Waals surface area contributed by atoms with Crippen LogP contribution in [0.1, 0.15) is 15.9 Å². The van der Waals surface area contributed by atoms with Crippen molar-refractivity contribution in [3.05, 3.63) is 83.9 Å². The molecule has 0 atom stereocenters. The van der Waals surface area contributed by atoms with Gasteiger partial charge < -0.3 is 20.9 Å². The molecule has 158 valence electrons. The summed E-state index contributed by atoms with van der Waals surface area (Å²) in [7, 11) is 2.08. The third-order valence-electron chi connectivity index (χ3n) is 5.64. The predicted molar refractivity (Wildman–Crippen MR) is 127 cm³/mol. The zero-order valence-electron chi connectivity index (χ0n) is 17.6. The first-order chi connectivity index (χ1) is 15.0. The average molecular weight is 414 g/mol. The largest absolute Gasteiger partial charge is 0.398 e. The molecule has 1 amide bonds. The molecule has 0 saturated carbocycles. The van der Waals surface area contributed by atoms with Crippen molar-refractivity contribution < 1.29 is 4.79 Å². The van der Waals surface area contributed by atoms with E-state index < -0.39 is 0 Å². The van der Waals surface area contributed by atoms with E-state index in [2.05, 4.69) is 29.4 Å². The fourth-order valence-electron chi connectivity index (χ4n) is 3.68. The molecule has 0 radical (unpaired) electrons. The minimum Gasteiger partial charge on any atom is -0.398 e. The Labute approximate surface area is 182 Å². The Morgan fingerprint density at radius 1 is 0.903 bits per heavy atom. The van der Waals surface area contributed by atoms with Gasteiger partial charge in [0, 0.05) is 48.7 Å². The van der Waals surface area contributed by atoms with E-state index in [9.17, 15) is 4.79 Å². The molecule has 1 saturated heterocycles. The molecule has 3 aromatic rings. The molecule has 0 unspecified atom stereocenters. The highest BCUT2D eigenvalue weighted by molar-refractivity contribution is 6.08. The van der Waals surface area contributed by atoms with E-state index in [1.54, 1.807) is 18.2 Å².